The molecule has 8 heteroatoms. The number of nitrogens with one attached hydrogen (secondary N) is 1. The van der Waals surface area contributed by atoms with Crippen LogP contribution in [0.15, 0.2) is 78.9 Å². The zero-order valence-electron chi connectivity index (χ0n) is 19.3. The number of hydrogen-bond acceptors (Lipinski definition) is 5. The van der Waals surface area contributed by atoms with Crippen molar-refractivity contribution in [2.75, 3.05) is 18.4 Å². The van der Waals surface area contributed by atoms with Crippen LogP contribution in [0.5, 0.6) is 0 Å². The lowest BCUT2D eigenvalue weighted by Crippen LogP contribution is -2.34. The molecule has 3 aromatic carbocycles. The fourth-order valence-corrected chi connectivity index (χ4v) is 4.56. The molecule has 1 fully saturated rings. The van der Waals surface area contributed by atoms with Gasteiger partial charge in [-0.05, 0) is 84.6 Å². The van der Waals surface area contributed by atoms with Gasteiger partial charge in [0.15, 0.2) is 5.82 Å². The van der Waals surface area contributed by atoms with Crippen molar-refractivity contribution in [3.8, 4) is 5.69 Å². The van der Waals surface area contributed by atoms with E-state index >= 15 is 0 Å². The molecule has 0 atom stereocenters. The maximum Gasteiger partial charge on any atom is 0.258 e. The molecule has 0 aliphatic carbocycles. The van der Waals surface area contributed by atoms with Crippen LogP contribution in [-0.2, 0) is 13.0 Å². The Morgan fingerprint density at radius 3 is 2.54 bits per heavy atom. The fraction of sp³-hybridized carbons (Fsp3) is 0.259. The van der Waals surface area contributed by atoms with E-state index in [1.165, 1.54) is 17.7 Å². The molecule has 0 unspecified atom stereocenters. The molecule has 35 heavy (non-hydrogen) atoms. The van der Waals surface area contributed by atoms with E-state index in [1.807, 2.05) is 12.1 Å². The quantitative estimate of drug-likeness (QED) is 0.430. The van der Waals surface area contributed by atoms with E-state index in [1.54, 1.807) is 28.9 Å². The van der Waals surface area contributed by atoms with Crippen LogP contribution in [0.2, 0.25) is 0 Å². The first-order chi connectivity index (χ1) is 17.2. The first-order valence-electron chi connectivity index (χ1n) is 11.9. The molecule has 1 aliphatic rings. The van der Waals surface area contributed by atoms with Crippen molar-refractivity contribution in [2.24, 2.45) is 5.92 Å². The van der Waals surface area contributed by atoms with Gasteiger partial charge in [-0.15, -0.1) is 5.10 Å². The Morgan fingerprint density at radius 2 is 1.74 bits per heavy atom. The molecule has 1 saturated heterocycles. The van der Waals surface area contributed by atoms with Crippen LogP contribution in [0.3, 0.4) is 0 Å². The highest BCUT2D eigenvalue weighted by Gasteiger charge is 2.22. The van der Waals surface area contributed by atoms with Gasteiger partial charge in [0.25, 0.3) is 5.91 Å². The highest BCUT2D eigenvalue weighted by molar-refractivity contribution is 6.04. The molecule has 178 valence electrons. The van der Waals surface area contributed by atoms with E-state index in [2.05, 4.69) is 56.1 Å². The summed E-state index contributed by atoms with van der Waals surface area (Å²) in [6, 6.07) is 23.8. The Hall–Kier alpha value is -3.91. The normalized spacial score (nSPS) is 14.7. The van der Waals surface area contributed by atoms with Crippen molar-refractivity contribution in [2.45, 2.75) is 25.8 Å². The molecule has 7 nitrogen and oxygen atoms in total. The molecule has 1 N–H and O–H groups in total. The number of aromatic nitrogens is 4. The van der Waals surface area contributed by atoms with Crippen molar-refractivity contribution in [3.05, 3.63) is 102 Å². The van der Waals surface area contributed by atoms with E-state index in [0.29, 0.717) is 18.2 Å². The minimum atomic E-state index is -0.559. The van der Waals surface area contributed by atoms with Crippen molar-refractivity contribution >= 4 is 11.6 Å². The molecule has 1 aromatic heterocycles. The maximum atomic E-state index is 14.0. The number of likely N-dealkylation sites (tertiary alicyclic amines) is 1. The van der Waals surface area contributed by atoms with Crippen molar-refractivity contribution in [1.82, 2.24) is 25.1 Å². The molecule has 0 saturated carbocycles. The predicted molar refractivity (Wildman–Crippen MR) is 132 cm³/mol. The summed E-state index contributed by atoms with van der Waals surface area (Å²) in [6.07, 6.45) is 3.42. The summed E-state index contributed by atoms with van der Waals surface area (Å²) >= 11 is 0. The van der Waals surface area contributed by atoms with Crippen LogP contribution in [0.1, 0.15) is 34.6 Å². The van der Waals surface area contributed by atoms with Gasteiger partial charge in [-0.1, -0.05) is 48.5 Å². The smallest absolute Gasteiger partial charge is 0.258 e. The third-order valence-electron chi connectivity index (χ3n) is 6.44. The highest BCUT2D eigenvalue weighted by Crippen LogP contribution is 2.23. The molecular weight excluding hydrogens is 443 g/mol. The Labute approximate surface area is 203 Å². The maximum absolute atomic E-state index is 14.0. The van der Waals surface area contributed by atoms with Crippen LogP contribution in [0, 0.1) is 11.7 Å². The second-order valence-corrected chi connectivity index (χ2v) is 8.90. The zero-order chi connectivity index (χ0) is 24.0. The first-order valence-corrected chi connectivity index (χ1v) is 11.9. The largest absolute Gasteiger partial charge is 0.322 e. The SMILES string of the molecule is O=C(Nc1cccc(-n2nnnc2CN2CCC(Cc3ccccc3)CC2)c1)c1ccccc1F. The van der Waals surface area contributed by atoms with Gasteiger partial charge in [-0.3, -0.25) is 9.69 Å². The zero-order valence-corrected chi connectivity index (χ0v) is 19.3. The second kappa shape index (κ2) is 10.6. The number of hydrogen-bond donors (Lipinski definition) is 1. The number of piperidine rings is 1. The van der Waals surface area contributed by atoms with Gasteiger partial charge in [0.2, 0.25) is 0 Å². The Morgan fingerprint density at radius 1 is 0.971 bits per heavy atom. The van der Waals surface area contributed by atoms with E-state index in [-0.39, 0.29) is 5.56 Å². The summed E-state index contributed by atoms with van der Waals surface area (Å²) in [4.78, 5) is 14.9. The summed E-state index contributed by atoms with van der Waals surface area (Å²) in [7, 11) is 0. The summed E-state index contributed by atoms with van der Waals surface area (Å²) < 4.78 is 15.6. The van der Waals surface area contributed by atoms with Crippen LogP contribution in [-0.4, -0.2) is 44.1 Å². The molecule has 2 heterocycles. The lowest BCUT2D eigenvalue weighted by atomic mass is 9.90. The average Bonchev–Trinajstić information content (AvgIpc) is 3.34. The molecule has 5 rings (SSSR count). The van der Waals surface area contributed by atoms with Gasteiger partial charge >= 0.3 is 0 Å². The summed E-state index contributed by atoms with van der Waals surface area (Å²) in [5.41, 5.74) is 2.67. The van der Waals surface area contributed by atoms with Gasteiger partial charge in [0, 0.05) is 5.69 Å². The molecular formula is C27H27FN6O. The number of carbonyl (C=O) groups excluding carboxylic acids is 1. The Kier molecular flexibility index (Phi) is 6.90. The Balaban J connectivity index is 1.22. The third kappa shape index (κ3) is 5.60. The fourth-order valence-electron chi connectivity index (χ4n) is 4.56. The van der Waals surface area contributed by atoms with Gasteiger partial charge in [0.05, 0.1) is 17.8 Å². The molecule has 0 bridgehead atoms. The first kappa shape index (κ1) is 22.9. The van der Waals surface area contributed by atoms with Crippen LogP contribution in [0.4, 0.5) is 10.1 Å². The van der Waals surface area contributed by atoms with E-state index in [0.717, 1.165) is 43.9 Å². The monoisotopic (exact) mass is 470 g/mol. The average molecular weight is 471 g/mol. The van der Waals surface area contributed by atoms with E-state index in [4.69, 9.17) is 0 Å². The second-order valence-electron chi connectivity index (χ2n) is 8.90. The predicted octanol–water partition coefficient (Wildman–Crippen LogP) is 4.51. The number of carbonyl (C=O) groups is 1. The molecule has 0 radical (unpaired) electrons. The van der Waals surface area contributed by atoms with Crippen molar-refractivity contribution < 1.29 is 9.18 Å². The van der Waals surface area contributed by atoms with Gasteiger partial charge < -0.3 is 5.32 Å². The molecule has 0 spiro atoms. The minimum Gasteiger partial charge on any atom is -0.322 e. The summed E-state index contributed by atoms with van der Waals surface area (Å²) in [6.45, 7) is 2.66. The molecule has 4 aromatic rings. The standard InChI is InChI=1S/C27H27FN6O/c28-25-12-5-4-11-24(25)27(35)29-22-9-6-10-23(18-22)34-26(30-31-32-34)19-33-15-13-21(14-16-33)17-20-7-2-1-3-8-20/h1-12,18,21H,13-17,19H2,(H,29,35). The molecule has 1 aliphatic heterocycles. The Bertz CT molecular complexity index is 1280. The van der Waals surface area contributed by atoms with E-state index in [9.17, 15) is 9.18 Å². The number of rotatable bonds is 7. The van der Waals surface area contributed by atoms with Gasteiger partial charge in [0.1, 0.15) is 5.82 Å². The number of nitrogens with zero attached hydrogens (tertiary/aromatic N) is 5. The van der Waals surface area contributed by atoms with Crippen molar-refractivity contribution in [1.29, 1.82) is 0 Å². The van der Waals surface area contributed by atoms with Crippen LogP contribution < -0.4 is 5.32 Å². The lowest BCUT2D eigenvalue weighted by molar-refractivity contribution is 0.102. The van der Waals surface area contributed by atoms with E-state index < -0.39 is 11.7 Å². The number of halogens is 1. The number of amides is 1. The van der Waals surface area contributed by atoms with Crippen LogP contribution >= 0.6 is 0 Å². The third-order valence-corrected chi connectivity index (χ3v) is 6.44. The summed E-state index contributed by atoms with van der Waals surface area (Å²) in [5, 5.41) is 15.1. The van der Waals surface area contributed by atoms with Gasteiger partial charge in [-0.25, -0.2) is 4.39 Å². The minimum absolute atomic E-state index is 0.00307. The van der Waals surface area contributed by atoms with Crippen molar-refractivity contribution in [3.63, 3.8) is 0 Å². The topological polar surface area (TPSA) is 75.9 Å². The molecule has 1 amide bonds. The number of anilines is 1. The lowest BCUT2D eigenvalue weighted by Gasteiger charge is -2.31. The van der Waals surface area contributed by atoms with Crippen LogP contribution in [0.25, 0.3) is 5.69 Å². The highest BCUT2D eigenvalue weighted by atomic mass is 19.1. The number of benzene rings is 3. The van der Waals surface area contributed by atoms with Gasteiger partial charge in [-0.2, -0.15) is 4.68 Å². The summed E-state index contributed by atoms with van der Waals surface area (Å²) in [5.74, 6) is 0.371. The number of tetrazole rings is 1.